The fourth-order valence-corrected chi connectivity index (χ4v) is 6.19. The number of hydrogen-bond donors (Lipinski definition) is 0. The molecule has 0 amide bonds. The van der Waals surface area contributed by atoms with Crippen molar-refractivity contribution in [3.8, 4) is 78.7 Å². The van der Waals surface area contributed by atoms with E-state index in [4.69, 9.17) is 15.0 Å². The molecule has 0 saturated carbocycles. The van der Waals surface area contributed by atoms with Crippen molar-refractivity contribution >= 4 is 0 Å². The number of nitrogens with zero attached hydrogens (tertiary/aromatic N) is 3. The summed E-state index contributed by atoms with van der Waals surface area (Å²) in [4.78, 5) is 15.4. The lowest BCUT2D eigenvalue weighted by Gasteiger charge is -2.15. The molecule has 48 heavy (non-hydrogen) atoms. The summed E-state index contributed by atoms with van der Waals surface area (Å²) in [7, 11) is 0. The van der Waals surface area contributed by atoms with E-state index in [-0.39, 0.29) is 0 Å². The van der Waals surface area contributed by atoms with E-state index in [0.29, 0.717) is 17.5 Å². The van der Waals surface area contributed by atoms with Crippen LogP contribution in [-0.2, 0) is 0 Å². The molecule has 8 rings (SSSR count). The highest BCUT2D eigenvalue weighted by Gasteiger charge is 2.18. The molecule has 0 fully saturated rings. The molecule has 3 nitrogen and oxygen atoms in total. The number of benzene rings is 7. The lowest BCUT2D eigenvalue weighted by atomic mass is 9.95. The molecule has 226 valence electrons. The second kappa shape index (κ2) is 13.1. The first kappa shape index (κ1) is 29.0. The van der Waals surface area contributed by atoms with E-state index >= 15 is 0 Å². The summed E-state index contributed by atoms with van der Waals surface area (Å²) in [5.41, 5.74) is 11.9. The van der Waals surface area contributed by atoms with Crippen molar-refractivity contribution in [3.05, 3.63) is 188 Å². The van der Waals surface area contributed by atoms with E-state index in [0.717, 1.165) is 50.1 Å². The van der Waals surface area contributed by atoms with Gasteiger partial charge in [-0.25, -0.2) is 15.0 Å². The van der Waals surface area contributed by atoms with Crippen LogP contribution in [0, 0.1) is 0 Å². The molecule has 1 heterocycles. The van der Waals surface area contributed by atoms with Crippen LogP contribution in [0.3, 0.4) is 0 Å². The van der Waals surface area contributed by atoms with E-state index < -0.39 is 0 Å². The molecule has 0 saturated heterocycles. The molecule has 8 aromatic rings. The molecular weight excluding hydrogens is 583 g/mol. The van der Waals surface area contributed by atoms with Gasteiger partial charge in [0, 0.05) is 16.7 Å². The van der Waals surface area contributed by atoms with Crippen LogP contribution >= 0.6 is 0 Å². The van der Waals surface area contributed by atoms with Gasteiger partial charge in [0.2, 0.25) is 0 Å². The van der Waals surface area contributed by atoms with Crippen LogP contribution < -0.4 is 0 Å². The minimum absolute atomic E-state index is 0.632. The molecule has 0 aliphatic rings. The summed E-state index contributed by atoms with van der Waals surface area (Å²) in [6, 6.07) is 65.2. The van der Waals surface area contributed by atoms with E-state index in [9.17, 15) is 0 Å². The fourth-order valence-electron chi connectivity index (χ4n) is 6.19. The molecule has 0 radical (unpaired) electrons. The highest BCUT2D eigenvalue weighted by molar-refractivity contribution is 5.86. The van der Waals surface area contributed by atoms with Gasteiger partial charge >= 0.3 is 0 Å². The van der Waals surface area contributed by atoms with E-state index in [1.807, 2.05) is 42.5 Å². The van der Waals surface area contributed by atoms with Gasteiger partial charge in [0.1, 0.15) is 0 Å². The lowest BCUT2D eigenvalue weighted by Crippen LogP contribution is -2.02. The van der Waals surface area contributed by atoms with Crippen molar-refractivity contribution in [2.24, 2.45) is 0 Å². The first-order valence-corrected chi connectivity index (χ1v) is 16.1. The Balaban J connectivity index is 1.29. The summed E-state index contributed by atoms with van der Waals surface area (Å²) in [5.74, 6) is 1.90. The highest BCUT2D eigenvalue weighted by atomic mass is 15.0. The molecular formula is C45H31N3. The molecule has 3 heteroatoms. The second-order valence-corrected chi connectivity index (χ2v) is 11.7. The Hall–Kier alpha value is -6.45. The van der Waals surface area contributed by atoms with Gasteiger partial charge in [-0.2, -0.15) is 0 Å². The Morgan fingerprint density at radius 1 is 0.208 bits per heavy atom. The maximum absolute atomic E-state index is 5.21. The third-order valence-electron chi connectivity index (χ3n) is 8.56. The topological polar surface area (TPSA) is 38.7 Å². The van der Waals surface area contributed by atoms with Gasteiger partial charge in [0.05, 0.1) is 0 Å². The van der Waals surface area contributed by atoms with Crippen LogP contribution in [0.2, 0.25) is 0 Å². The van der Waals surface area contributed by atoms with Crippen molar-refractivity contribution in [3.63, 3.8) is 0 Å². The zero-order valence-corrected chi connectivity index (χ0v) is 26.2. The predicted octanol–water partition coefficient (Wildman–Crippen LogP) is 11.5. The Kier molecular flexibility index (Phi) is 7.92. The summed E-state index contributed by atoms with van der Waals surface area (Å²) in [5, 5.41) is 0. The van der Waals surface area contributed by atoms with Gasteiger partial charge in [-0.05, 0) is 56.6 Å². The van der Waals surface area contributed by atoms with Crippen LogP contribution in [0.25, 0.3) is 78.7 Å². The Bertz CT molecular complexity index is 2190. The maximum Gasteiger partial charge on any atom is 0.164 e. The van der Waals surface area contributed by atoms with Gasteiger partial charge in [0.15, 0.2) is 17.5 Å². The van der Waals surface area contributed by atoms with Crippen LogP contribution in [0.4, 0.5) is 0 Å². The van der Waals surface area contributed by atoms with Crippen molar-refractivity contribution in [1.82, 2.24) is 15.0 Å². The monoisotopic (exact) mass is 613 g/mol. The number of rotatable bonds is 7. The first-order chi connectivity index (χ1) is 23.8. The Morgan fingerprint density at radius 3 is 0.958 bits per heavy atom. The van der Waals surface area contributed by atoms with E-state index in [1.54, 1.807) is 0 Å². The zero-order valence-electron chi connectivity index (χ0n) is 26.2. The van der Waals surface area contributed by atoms with Crippen LogP contribution in [0.1, 0.15) is 0 Å². The predicted molar refractivity (Wildman–Crippen MR) is 198 cm³/mol. The van der Waals surface area contributed by atoms with Crippen molar-refractivity contribution < 1.29 is 0 Å². The van der Waals surface area contributed by atoms with Gasteiger partial charge in [-0.15, -0.1) is 0 Å². The molecule has 0 N–H and O–H groups in total. The average Bonchev–Trinajstić information content (AvgIpc) is 3.19. The van der Waals surface area contributed by atoms with Crippen molar-refractivity contribution in [2.75, 3.05) is 0 Å². The summed E-state index contributed by atoms with van der Waals surface area (Å²) in [6.07, 6.45) is 0. The third-order valence-corrected chi connectivity index (χ3v) is 8.56. The highest BCUT2D eigenvalue weighted by Crippen LogP contribution is 2.37. The minimum Gasteiger partial charge on any atom is -0.208 e. The third kappa shape index (κ3) is 5.93. The minimum atomic E-state index is 0.632. The van der Waals surface area contributed by atoms with Crippen molar-refractivity contribution in [1.29, 1.82) is 0 Å². The normalized spacial score (nSPS) is 10.9. The van der Waals surface area contributed by atoms with Crippen LogP contribution in [-0.4, -0.2) is 15.0 Å². The van der Waals surface area contributed by atoms with E-state index in [1.165, 1.54) is 11.1 Å². The molecule has 0 spiro atoms. The SMILES string of the molecule is c1ccc(-c2cccc(-c3ccccc3-c3nc(-c4ccccc4)nc(-c4ccccc4-c4cccc(-c5ccccc5)c4)n3)c2)cc1. The average molecular weight is 614 g/mol. The molecule has 7 aromatic carbocycles. The first-order valence-electron chi connectivity index (χ1n) is 16.1. The number of aromatic nitrogens is 3. The summed E-state index contributed by atoms with van der Waals surface area (Å²) >= 11 is 0. The fraction of sp³-hybridized carbons (Fsp3) is 0. The quantitative estimate of drug-likeness (QED) is 0.179. The van der Waals surface area contributed by atoms with Gasteiger partial charge < -0.3 is 0 Å². The molecule has 0 atom stereocenters. The zero-order chi connectivity index (χ0) is 32.1. The Labute approximate surface area is 280 Å². The van der Waals surface area contributed by atoms with Crippen LogP contribution in [0.5, 0.6) is 0 Å². The second-order valence-electron chi connectivity index (χ2n) is 11.7. The number of hydrogen-bond acceptors (Lipinski definition) is 3. The molecule has 0 aliphatic heterocycles. The van der Waals surface area contributed by atoms with Gasteiger partial charge in [-0.3, -0.25) is 0 Å². The molecule has 1 aromatic heterocycles. The largest absolute Gasteiger partial charge is 0.208 e. The van der Waals surface area contributed by atoms with Crippen LogP contribution in [0.15, 0.2) is 188 Å². The maximum atomic E-state index is 5.21. The Morgan fingerprint density at radius 2 is 0.521 bits per heavy atom. The van der Waals surface area contributed by atoms with Crippen molar-refractivity contribution in [2.45, 2.75) is 0 Å². The molecule has 0 unspecified atom stereocenters. The van der Waals surface area contributed by atoms with E-state index in [2.05, 4.69) is 146 Å². The lowest BCUT2D eigenvalue weighted by molar-refractivity contribution is 1.07. The smallest absolute Gasteiger partial charge is 0.164 e. The summed E-state index contributed by atoms with van der Waals surface area (Å²) in [6.45, 7) is 0. The van der Waals surface area contributed by atoms with Gasteiger partial charge in [0.25, 0.3) is 0 Å². The molecule has 0 bridgehead atoms. The standard InChI is InChI=1S/C45H31N3/c1-4-16-32(17-5-1)35-22-14-24-37(30-35)39-26-10-12-28-41(39)44-46-43(34-20-8-3-9-21-34)47-45(48-44)42-29-13-11-27-40(42)38-25-15-23-36(31-38)33-18-6-2-7-19-33/h1-31H. The molecule has 0 aliphatic carbocycles. The summed E-state index contributed by atoms with van der Waals surface area (Å²) < 4.78 is 0. The van der Waals surface area contributed by atoms with Gasteiger partial charge in [-0.1, -0.05) is 176 Å².